The van der Waals surface area contributed by atoms with Gasteiger partial charge in [0.1, 0.15) is 5.75 Å². The smallest absolute Gasteiger partial charge is 0.321 e. The average molecular weight is 388 g/mol. The summed E-state index contributed by atoms with van der Waals surface area (Å²) in [5.41, 5.74) is 1.26. The molecule has 0 atom stereocenters. The number of amides is 3. The number of carbonyl (C=O) groups is 2. The molecule has 1 aliphatic heterocycles. The Labute approximate surface area is 163 Å². The maximum absolute atomic E-state index is 12.4. The summed E-state index contributed by atoms with van der Waals surface area (Å²) < 4.78 is 5.10. The Morgan fingerprint density at radius 2 is 1.81 bits per heavy atom. The molecule has 0 radical (unpaired) electrons. The number of methoxy groups -OCH3 is 1. The lowest BCUT2D eigenvalue weighted by atomic mass is 10.0. The molecular formula is C20H22ClN3O3. The molecule has 2 aromatic carbocycles. The summed E-state index contributed by atoms with van der Waals surface area (Å²) in [6.07, 6.45) is 1.43. The van der Waals surface area contributed by atoms with Crippen LogP contribution in [0.2, 0.25) is 5.02 Å². The molecule has 1 heterocycles. The zero-order chi connectivity index (χ0) is 19.2. The van der Waals surface area contributed by atoms with Crippen molar-refractivity contribution < 1.29 is 14.3 Å². The van der Waals surface area contributed by atoms with E-state index >= 15 is 0 Å². The monoisotopic (exact) mass is 387 g/mol. The Bertz CT molecular complexity index is 802. The highest BCUT2D eigenvalue weighted by Crippen LogP contribution is 2.18. The molecule has 3 rings (SSSR count). The SMILES string of the molecule is COc1ccc(C(=O)NC2CCN(C(=O)Nc3cccc(Cl)c3)CC2)cc1. The van der Waals surface area contributed by atoms with Gasteiger partial charge in [0.05, 0.1) is 7.11 Å². The number of carbonyl (C=O) groups excluding carboxylic acids is 2. The van der Waals surface area contributed by atoms with Gasteiger partial charge in [-0.3, -0.25) is 4.79 Å². The summed E-state index contributed by atoms with van der Waals surface area (Å²) >= 11 is 5.94. The minimum Gasteiger partial charge on any atom is -0.497 e. The van der Waals surface area contributed by atoms with Gasteiger partial charge in [0.2, 0.25) is 0 Å². The molecule has 0 spiro atoms. The molecule has 0 saturated carbocycles. The molecule has 6 nitrogen and oxygen atoms in total. The van der Waals surface area contributed by atoms with Crippen molar-refractivity contribution in [1.29, 1.82) is 0 Å². The van der Waals surface area contributed by atoms with Crippen molar-refractivity contribution in [1.82, 2.24) is 10.2 Å². The van der Waals surface area contributed by atoms with Crippen LogP contribution in [0.15, 0.2) is 48.5 Å². The Hall–Kier alpha value is -2.73. The second-order valence-electron chi connectivity index (χ2n) is 6.40. The van der Waals surface area contributed by atoms with Gasteiger partial charge in [-0.25, -0.2) is 4.79 Å². The van der Waals surface area contributed by atoms with E-state index in [2.05, 4.69) is 10.6 Å². The maximum atomic E-state index is 12.4. The fourth-order valence-corrected chi connectivity index (χ4v) is 3.20. The lowest BCUT2D eigenvalue weighted by Gasteiger charge is -2.32. The fourth-order valence-electron chi connectivity index (χ4n) is 3.01. The molecule has 0 aromatic heterocycles. The molecule has 0 bridgehead atoms. The number of hydrogen-bond acceptors (Lipinski definition) is 3. The molecule has 1 saturated heterocycles. The van der Waals surface area contributed by atoms with Gasteiger partial charge in [-0.2, -0.15) is 0 Å². The van der Waals surface area contributed by atoms with E-state index in [-0.39, 0.29) is 18.0 Å². The van der Waals surface area contributed by atoms with E-state index < -0.39 is 0 Å². The lowest BCUT2D eigenvalue weighted by molar-refractivity contribution is 0.0919. The second kappa shape index (κ2) is 8.77. The molecule has 1 aliphatic rings. The first-order chi connectivity index (χ1) is 13.0. The van der Waals surface area contributed by atoms with Crippen LogP contribution >= 0.6 is 11.6 Å². The van der Waals surface area contributed by atoms with Gasteiger partial charge < -0.3 is 20.3 Å². The highest BCUT2D eigenvalue weighted by molar-refractivity contribution is 6.30. The Morgan fingerprint density at radius 1 is 1.11 bits per heavy atom. The van der Waals surface area contributed by atoms with Crippen LogP contribution in [-0.2, 0) is 0 Å². The number of hydrogen-bond donors (Lipinski definition) is 2. The van der Waals surface area contributed by atoms with E-state index in [1.165, 1.54) is 0 Å². The van der Waals surface area contributed by atoms with E-state index in [1.54, 1.807) is 60.5 Å². The Balaban J connectivity index is 1.48. The van der Waals surface area contributed by atoms with Crippen molar-refractivity contribution in [3.05, 3.63) is 59.1 Å². The maximum Gasteiger partial charge on any atom is 0.321 e. The summed E-state index contributed by atoms with van der Waals surface area (Å²) in [5, 5.41) is 6.46. The number of halogens is 1. The quantitative estimate of drug-likeness (QED) is 0.838. The third-order valence-corrected chi connectivity index (χ3v) is 4.78. The first kappa shape index (κ1) is 19.0. The van der Waals surface area contributed by atoms with Crippen molar-refractivity contribution in [2.45, 2.75) is 18.9 Å². The van der Waals surface area contributed by atoms with Crippen LogP contribution in [0, 0.1) is 0 Å². The predicted octanol–water partition coefficient (Wildman–Crippen LogP) is 3.77. The number of rotatable bonds is 4. The van der Waals surface area contributed by atoms with Gasteiger partial charge in [-0.1, -0.05) is 17.7 Å². The summed E-state index contributed by atoms with van der Waals surface area (Å²) in [6, 6.07) is 13.9. The standard InChI is InChI=1S/C20H22ClN3O3/c1-27-18-7-5-14(6-8-18)19(25)22-16-9-11-24(12-10-16)20(26)23-17-4-2-3-15(21)13-17/h2-8,13,16H,9-12H2,1H3,(H,22,25)(H,23,26). The van der Waals surface area contributed by atoms with E-state index in [0.29, 0.717) is 48.0 Å². The summed E-state index contributed by atoms with van der Waals surface area (Å²) in [7, 11) is 1.59. The lowest BCUT2D eigenvalue weighted by Crippen LogP contribution is -2.47. The predicted molar refractivity (Wildman–Crippen MR) is 106 cm³/mol. The molecule has 27 heavy (non-hydrogen) atoms. The minimum absolute atomic E-state index is 0.0508. The minimum atomic E-state index is -0.155. The van der Waals surface area contributed by atoms with E-state index in [4.69, 9.17) is 16.3 Å². The molecule has 0 aliphatic carbocycles. The normalized spacial score (nSPS) is 14.5. The van der Waals surface area contributed by atoms with E-state index in [9.17, 15) is 9.59 Å². The van der Waals surface area contributed by atoms with Crippen LogP contribution in [0.4, 0.5) is 10.5 Å². The zero-order valence-electron chi connectivity index (χ0n) is 15.1. The molecule has 3 amide bonds. The van der Waals surface area contributed by atoms with Crippen molar-refractivity contribution >= 4 is 29.2 Å². The number of nitrogens with one attached hydrogen (secondary N) is 2. The zero-order valence-corrected chi connectivity index (χ0v) is 15.8. The topological polar surface area (TPSA) is 70.7 Å². The average Bonchev–Trinajstić information content (AvgIpc) is 2.68. The van der Waals surface area contributed by atoms with Gasteiger partial charge in [0.15, 0.2) is 0 Å². The third-order valence-electron chi connectivity index (χ3n) is 4.55. The van der Waals surface area contributed by atoms with E-state index in [1.807, 2.05) is 0 Å². The Morgan fingerprint density at radius 3 is 2.44 bits per heavy atom. The Kier molecular flexibility index (Phi) is 6.19. The number of piperidine rings is 1. The largest absolute Gasteiger partial charge is 0.497 e. The molecule has 7 heteroatoms. The summed E-state index contributed by atoms with van der Waals surface area (Å²) in [5.74, 6) is 0.602. The van der Waals surface area contributed by atoms with Crippen molar-refractivity contribution in [2.24, 2.45) is 0 Å². The van der Waals surface area contributed by atoms with Crippen LogP contribution in [0.3, 0.4) is 0 Å². The number of urea groups is 1. The van der Waals surface area contributed by atoms with Crippen LogP contribution in [0.1, 0.15) is 23.2 Å². The van der Waals surface area contributed by atoms with Gasteiger partial charge in [-0.05, 0) is 55.3 Å². The van der Waals surface area contributed by atoms with Gasteiger partial charge in [0.25, 0.3) is 5.91 Å². The molecule has 2 aromatic rings. The van der Waals surface area contributed by atoms with Crippen molar-refractivity contribution in [3.8, 4) is 5.75 Å². The van der Waals surface area contributed by atoms with Crippen LogP contribution in [-0.4, -0.2) is 43.1 Å². The molecule has 0 unspecified atom stereocenters. The highest BCUT2D eigenvalue weighted by Gasteiger charge is 2.24. The second-order valence-corrected chi connectivity index (χ2v) is 6.84. The van der Waals surface area contributed by atoms with Crippen LogP contribution in [0.25, 0.3) is 0 Å². The third kappa shape index (κ3) is 5.14. The molecular weight excluding hydrogens is 366 g/mol. The van der Waals surface area contributed by atoms with Crippen molar-refractivity contribution in [3.63, 3.8) is 0 Å². The number of anilines is 1. The number of nitrogens with zero attached hydrogens (tertiary/aromatic N) is 1. The fraction of sp³-hybridized carbons (Fsp3) is 0.300. The van der Waals surface area contributed by atoms with Gasteiger partial charge >= 0.3 is 6.03 Å². The molecule has 1 fully saturated rings. The number of benzene rings is 2. The number of ether oxygens (including phenoxy) is 1. The molecule has 142 valence electrons. The summed E-state index contributed by atoms with van der Waals surface area (Å²) in [6.45, 7) is 1.17. The first-order valence-electron chi connectivity index (χ1n) is 8.81. The van der Waals surface area contributed by atoms with Crippen LogP contribution in [0.5, 0.6) is 5.75 Å². The first-order valence-corrected chi connectivity index (χ1v) is 9.19. The van der Waals surface area contributed by atoms with Gasteiger partial charge in [0, 0.05) is 35.4 Å². The van der Waals surface area contributed by atoms with Crippen LogP contribution < -0.4 is 15.4 Å². The molecule has 2 N–H and O–H groups in total. The van der Waals surface area contributed by atoms with Crippen molar-refractivity contribution in [2.75, 3.05) is 25.5 Å². The summed E-state index contributed by atoms with van der Waals surface area (Å²) in [4.78, 5) is 26.5. The van der Waals surface area contributed by atoms with Gasteiger partial charge in [-0.15, -0.1) is 0 Å². The van der Waals surface area contributed by atoms with E-state index in [0.717, 1.165) is 0 Å². The number of likely N-dealkylation sites (tertiary alicyclic amines) is 1. The highest BCUT2D eigenvalue weighted by atomic mass is 35.5.